The Bertz CT molecular complexity index is 1210. The summed E-state index contributed by atoms with van der Waals surface area (Å²) in [4.78, 5) is 19.1. The van der Waals surface area contributed by atoms with Crippen LogP contribution >= 0.6 is 0 Å². The number of aliphatic imine (C=N–C) groups is 1. The molecule has 0 fully saturated rings. The maximum absolute atomic E-state index is 12.5. The molecule has 1 aromatic heterocycles. The highest BCUT2D eigenvalue weighted by atomic mass is 32.2. The van der Waals surface area contributed by atoms with E-state index < -0.39 is 16.0 Å². The fraction of sp³-hybridized carbons (Fsp3) is 0.238. The van der Waals surface area contributed by atoms with Crippen LogP contribution in [0, 0.1) is 0 Å². The van der Waals surface area contributed by atoms with Crippen LogP contribution in [0.25, 0.3) is 10.9 Å². The second-order valence-corrected chi connectivity index (χ2v) is 8.61. The summed E-state index contributed by atoms with van der Waals surface area (Å²) in [6, 6.07) is 10.9. The molecule has 1 heterocycles. The van der Waals surface area contributed by atoms with Crippen LogP contribution in [0.3, 0.4) is 0 Å². The van der Waals surface area contributed by atoms with Crippen molar-refractivity contribution >= 4 is 38.8 Å². The van der Waals surface area contributed by atoms with Gasteiger partial charge in [0.2, 0.25) is 10.0 Å². The summed E-state index contributed by atoms with van der Waals surface area (Å²) < 4.78 is 32.5. The lowest BCUT2D eigenvalue weighted by Crippen LogP contribution is -2.30. The predicted octanol–water partition coefficient (Wildman–Crippen LogP) is 3.49. The van der Waals surface area contributed by atoms with Crippen molar-refractivity contribution in [2.75, 3.05) is 6.61 Å². The maximum atomic E-state index is 12.5. The number of carbonyl (C=O) groups is 1. The molecule has 0 aliphatic rings. The van der Waals surface area contributed by atoms with E-state index in [4.69, 9.17) is 4.74 Å². The van der Waals surface area contributed by atoms with Gasteiger partial charge in [-0.15, -0.1) is 0 Å². The Kier molecular flexibility index (Phi) is 6.23. The van der Waals surface area contributed by atoms with Crippen molar-refractivity contribution in [2.45, 2.75) is 31.7 Å². The first-order valence-electron chi connectivity index (χ1n) is 9.39. The van der Waals surface area contributed by atoms with Crippen molar-refractivity contribution in [3.05, 3.63) is 53.6 Å². The van der Waals surface area contributed by atoms with Gasteiger partial charge in [-0.3, -0.25) is 4.99 Å². The summed E-state index contributed by atoms with van der Waals surface area (Å²) in [6.07, 6.45) is 1.42. The third kappa shape index (κ3) is 4.69. The van der Waals surface area contributed by atoms with Crippen molar-refractivity contribution < 1.29 is 23.1 Å². The Labute approximate surface area is 174 Å². The number of fused-ring (bicyclic) bond motifs is 1. The van der Waals surface area contributed by atoms with Gasteiger partial charge in [-0.1, -0.05) is 6.07 Å². The minimum atomic E-state index is -3.69. The zero-order valence-corrected chi connectivity index (χ0v) is 17.7. The number of carbonyl (C=O) groups excluding carboxylic acids is 1. The van der Waals surface area contributed by atoms with E-state index in [1.54, 1.807) is 51.1 Å². The number of aromatic amines is 1. The zero-order chi connectivity index (χ0) is 21.9. The Morgan fingerprint density at radius 3 is 2.73 bits per heavy atom. The van der Waals surface area contributed by atoms with Gasteiger partial charge in [-0.2, -0.15) is 0 Å². The fourth-order valence-electron chi connectivity index (χ4n) is 2.92. The SMILES string of the molecule is CCOC(=O)c1cccc(N=Cc2c(O)[nH]c3ccc(S(=O)(=O)NC(C)C)cc23)c1. The van der Waals surface area contributed by atoms with E-state index in [1.165, 1.54) is 18.3 Å². The number of benzene rings is 2. The van der Waals surface area contributed by atoms with E-state index in [1.807, 2.05) is 0 Å². The highest BCUT2D eigenvalue weighted by Gasteiger charge is 2.18. The number of H-pyrrole nitrogens is 1. The van der Waals surface area contributed by atoms with E-state index in [0.29, 0.717) is 27.7 Å². The molecule has 0 unspecified atom stereocenters. The minimum Gasteiger partial charge on any atom is -0.494 e. The second kappa shape index (κ2) is 8.68. The molecule has 9 heteroatoms. The molecule has 30 heavy (non-hydrogen) atoms. The van der Waals surface area contributed by atoms with E-state index in [2.05, 4.69) is 14.7 Å². The molecule has 0 radical (unpaired) electrons. The number of nitrogens with zero attached hydrogens (tertiary/aromatic N) is 1. The highest BCUT2D eigenvalue weighted by molar-refractivity contribution is 7.89. The molecule has 3 N–H and O–H groups in total. The lowest BCUT2D eigenvalue weighted by molar-refractivity contribution is 0.0526. The van der Waals surface area contributed by atoms with Crippen LogP contribution < -0.4 is 4.72 Å². The molecule has 8 nitrogen and oxygen atoms in total. The smallest absolute Gasteiger partial charge is 0.338 e. The summed E-state index contributed by atoms with van der Waals surface area (Å²) in [6.45, 7) is 5.47. The first kappa shape index (κ1) is 21.5. The normalized spacial score (nSPS) is 12.1. The van der Waals surface area contributed by atoms with Crippen LogP contribution in [0.1, 0.15) is 36.7 Å². The van der Waals surface area contributed by atoms with Gasteiger partial charge >= 0.3 is 5.97 Å². The van der Waals surface area contributed by atoms with Crippen molar-refractivity contribution in [3.8, 4) is 5.88 Å². The summed E-state index contributed by atoms with van der Waals surface area (Å²) in [5.74, 6) is -0.585. The molecule has 3 rings (SSSR count). The molecule has 0 aliphatic heterocycles. The average molecular weight is 429 g/mol. The van der Waals surface area contributed by atoms with Crippen molar-refractivity contribution in [1.29, 1.82) is 0 Å². The largest absolute Gasteiger partial charge is 0.494 e. The zero-order valence-electron chi connectivity index (χ0n) is 16.8. The standard InChI is InChI=1S/C21H23N3O5S/c1-4-29-21(26)14-6-5-7-15(10-14)22-12-18-17-11-16(30(27,28)24-13(2)3)8-9-19(17)23-20(18)25/h5-13,23-25H,4H2,1-3H3. The van der Waals surface area contributed by atoms with Crippen molar-refractivity contribution in [2.24, 2.45) is 4.99 Å². The van der Waals surface area contributed by atoms with E-state index in [9.17, 15) is 18.3 Å². The lowest BCUT2D eigenvalue weighted by Gasteiger charge is -2.09. The van der Waals surface area contributed by atoms with Crippen molar-refractivity contribution in [1.82, 2.24) is 9.71 Å². The fourth-order valence-corrected chi connectivity index (χ4v) is 4.20. The molecular formula is C21H23N3O5S. The van der Waals surface area contributed by atoms with Crippen molar-refractivity contribution in [3.63, 3.8) is 0 Å². The molecule has 0 bridgehead atoms. The van der Waals surface area contributed by atoms with E-state index in [0.717, 1.165) is 0 Å². The Balaban J connectivity index is 1.98. The molecule has 0 saturated heterocycles. The van der Waals surface area contributed by atoms with Crippen LogP contribution in [0.2, 0.25) is 0 Å². The molecule has 158 valence electrons. The number of aromatic nitrogens is 1. The van der Waals surface area contributed by atoms with Crippen LogP contribution in [-0.4, -0.2) is 43.3 Å². The number of rotatable bonds is 7. The van der Waals surface area contributed by atoms with Gasteiger partial charge in [0.1, 0.15) is 0 Å². The number of hydrogen-bond donors (Lipinski definition) is 3. The van der Waals surface area contributed by atoms with Gasteiger partial charge in [0.05, 0.1) is 28.3 Å². The number of aromatic hydroxyl groups is 1. The number of sulfonamides is 1. The second-order valence-electron chi connectivity index (χ2n) is 6.90. The Hall–Kier alpha value is -3.17. The van der Waals surface area contributed by atoms with Crippen LogP contribution in [0.5, 0.6) is 5.88 Å². The monoisotopic (exact) mass is 429 g/mol. The van der Waals surface area contributed by atoms with Gasteiger partial charge in [0.25, 0.3) is 0 Å². The summed E-state index contributed by atoms with van der Waals surface area (Å²) in [7, 11) is -3.69. The molecule has 0 aliphatic carbocycles. The third-order valence-corrected chi connectivity index (χ3v) is 5.85. The number of hydrogen-bond acceptors (Lipinski definition) is 6. The van der Waals surface area contributed by atoms with Gasteiger partial charge in [0, 0.05) is 23.2 Å². The Morgan fingerprint density at radius 2 is 2.03 bits per heavy atom. The number of nitrogens with one attached hydrogen (secondary N) is 2. The summed E-state index contributed by atoms with van der Waals surface area (Å²) >= 11 is 0. The maximum Gasteiger partial charge on any atom is 0.338 e. The summed E-state index contributed by atoms with van der Waals surface area (Å²) in [5.41, 5.74) is 1.76. The first-order valence-corrected chi connectivity index (χ1v) is 10.9. The molecule has 0 amide bonds. The van der Waals surface area contributed by atoms with Crippen LogP contribution in [0.15, 0.2) is 52.4 Å². The Morgan fingerprint density at radius 1 is 1.27 bits per heavy atom. The van der Waals surface area contributed by atoms with Crippen LogP contribution in [0.4, 0.5) is 5.69 Å². The molecule has 3 aromatic rings. The quantitative estimate of drug-likeness (QED) is 0.392. The molecule has 2 aromatic carbocycles. The van der Waals surface area contributed by atoms with E-state index in [-0.39, 0.29) is 23.4 Å². The predicted molar refractivity (Wildman–Crippen MR) is 115 cm³/mol. The topological polar surface area (TPSA) is 121 Å². The number of esters is 1. The van der Waals surface area contributed by atoms with Gasteiger partial charge in [-0.25, -0.2) is 17.9 Å². The number of ether oxygens (including phenoxy) is 1. The minimum absolute atomic E-state index is 0.0849. The van der Waals surface area contributed by atoms with Gasteiger partial charge in [0.15, 0.2) is 5.88 Å². The third-order valence-electron chi connectivity index (χ3n) is 4.19. The van der Waals surface area contributed by atoms with E-state index >= 15 is 0 Å². The molecule has 0 saturated carbocycles. The molecule has 0 spiro atoms. The lowest BCUT2D eigenvalue weighted by atomic mass is 10.2. The first-order chi connectivity index (χ1) is 14.2. The van der Waals surface area contributed by atoms with Gasteiger partial charge < -0.3 is 14.8 Å². The average Bonchev–Trinajstić information content (AvgIpc) is 3.00. The van der Waals surface area contributed by atoms with Gasteiger partial charge in [-0.05, 0) is 57.2 Å². The van der Waals surface area contributed by atoms with Crippen LogP contribution in [-0.2, 0) is 14.8 Å². The highest BCUT2D eigenvalue weighted by Crippen LogP contribution is 2.28. The molecule has 0 atom stereocenters. The summed E-state index contributed by atoms with van der Waals surface area (Å²) in [5, 5.41) is 10.8. The molecular weight excluding hydrogens is 406 g/mol.